The first-order chi connectivity index (χ1) is 13.0. The van der Waals surface area contributed by atoms with Crippen molar-refractivity contribution in [1.29, 1.82) is 0 Å². The van der Waals surface area contributed by atoms with Gasteiger partial charge < -0.3 is 10.0 Å². The van der Waals surface area contributed by atoms with E-state index in [-0.39, 0.29) is 5.41 Å². The predicted molar refractivity (Wildman–Crippen MR) is 114 cm³/mol. The van der Waals surface area contributed by atoms with E-state index in [2.05, 4.69) is 62.1 Å². The molecule has 2 heteroatoms. The third kappa shape index (κ3) is 4.73. The lowest BCUT2D eigenvalue weighted by atomic mass is 9.65. The van der Waals surface area contributed by atoms with Crippen LogP contribution in [-0.4, -0.2) is 29.1 Å². The molecule has 0 radical (unpaired) electrons. The van der Waals surface area contributed by atoms with Crippen LogP contribution in [0.25, 0.3) is 0 Å². The fourth-order valence-electron chi connectivity index (χ4n) is 4.81. The first-order valence-electron chi connectivity index (χ1n) is 10.6. The second-order valence-corrected chi connectivity index (χ2v) is 8.60. The molecule has 0 bridgehead atoms. The SMILES string of the molecule is CCC[C@@H]1C[C@@](C)(c2cccc(O)c2)[C@@H](C)CN1CCCc1ccccc1. The summed E-state index contributed by atoms with van der Waals surface area (Å²) in [6.07, 6.45) is 6.04. The van der Waals surface area contributed by atoms with Gasteiger partial charge in [-0.3, -0.25) is 0 Å². The molecule has 1 heterocycles. The van der Waals surface area contributed by atoms with E-state index in [0.717, 1.165) is 13.0 Å². The first-order valence-corrected chi connectivity index (χ1v) is 10.6. The predicted octanol–water partition coefficient (Wildman–Crippen LogP) is 5.79. The molecular weight excluding hydrogens is 330 g/mol. The Bertz CT molecular complexity index is 713. The summed E-state index contributed by atoms with van der Waals surface area (Å²) in [6.45, 7) is 9.41. The number of nitrogens with zero attached hydrogens (tertiary/aromatic N) is 1. The van der Waals surface area contributed by atoms with Crippen LogP contribution < -0.4 is 0 Å². The van der Waals surface area contributed by atoms with Crippen molar-refractivity contribution in [3.8, 4) is 5.75 Å². The van der Waals surface area contributed by atoms with Crippen molar-refractivity contribution in [3.05, 3.63) is 65.7 Å². The van der Waals surface area contributed by atoms with E-state index in [0.29, 0.717) is 17.7 Å². The number of aromatic hydroxyl groups is 1. The molecule has 1 N–H and O–H groups in total. The second-order valence-electron chi connectivity index (χ2n) is 8.60. The summed E-state index contributed by atoms with van der Waals surface area (Å²) in [4.78, 5) is 2.74. The molecule has 1 aliphatic rings. The maximum absolute atomic E-state index is 9.98. The molecule has 2 aromatic rings. The zero-order valence-corrected chi connectivity index (χ0v) is 17.2. The number of phenolic OH excluding ortho intramolecular Hbond substituents is 1. The minimum Gasteiger partial charge on any atom is -0.508 e. The molecule has 2 nitrogen and oxygen atoms in total. The second kappa shape index (κ2) is 8.93. The van der Waals surface area contributed by atoms with Crippen molar-refractivity contribution in [2.45, 2.75) is 64.3 Å². The van der Waals surface area contributed by atoms with Gasteiger partial charge in [-0.05, 0) is 66.8 Å². The van der Waals surface area contributed by atoms with E-state index < -0.39 is 0 Å². The highest BCUT2D eigenvalue weighted by molar-refractivity contribution is 5.34. The summed E-state index contributed by atoms with van der Waals surface area (Å²) in [7, 11) is 0. The van der Waals surface area contributed by atoms with E-state index in [1.54, 1.807) is 6.07 Å². The van der Waals surface area contributed by atoms with Crippen LogP contribution in [0.3, 0.4) is 0 Å². The standard InChI is InChI=1S/C25H35NO/c1-4-10-23-18-25(3,22-14-8-15-24(27)17-22)20(2)19-26(23)16-9-13-21-11-6-5-7-12-21/h5-8,11-12,14-15,17,20,23,27H,4,9-10,13,16,18-19H2,1-3H3/t20-,23+,25+/m0/s1. The molecule has 1 aliphatic heterocycles. The van der Waals surface area contributed by atoms with Crippen LogP contribution in [0.4, 0.5) is 0 Å². The number of likely N-dealkylation sites (tertiary alicyclic amines) is 1. The van der Waals surface area contributed by atoms with Gasteiger partial charge in [0.2, 0.25) is 0 Å². The first kappa shape index (κ1) is 19.9. The molecule has 1 fully saturated rings. The fourth-order valence-corrected chi connectivity index (χ4v) is 4.81. The molecular formula is C25H35NO. The zero-order valence-electron chi connectivity index (χ0n) is 17.2. The monoisotopic (exact) mass is 365 g/mol. The molecule has 27 heavy (non-hydrogen) atoms. The number of phenols is 1. The summed E-state index contributed by atoms with van der Waals surface area (Å²) in [6, 6.07) is 19.4. The molecule has 3 atom stereocenters. The molecule has 2 aromatic carbocycles. The van der Waals surface area contributed by atoms with E-state index in [9.17, 15) is 5.11 Å². The largest absolute Gasteiger partial charge is 0.508 e. The van der Waals surface area contributed by atoms with E-state index in [4.69, 9.17) is 0 Å². The van der Waals surface area contributed by atoms with Gasteiger partial charge in [0.05, 0.1) is 0 Å². The Kier molecular flexibility index (Phi) is 6.59. The Morgan fingerprint density at radius 1 is 1.11 bits per heavy atom. The third-order valence-corrected chi connectivity index (χ3v) is 6.65. The molecule has 0 unspecified atom stereocenters. The van der Waals surface area contributed by atoms with Crippen molar-refractivity contribution < 1.29 is 5.11 Å². The number of piperidine rings is 1. The normalized spacial score (nSPS) is 26.2. The van der Waals surface area contributed by atoms with Gasteiger partial charge in [0.15, 0.2) is 0 Å². The van der Waals surface area contributed by atoms with Gasteiger partial charge in [0.1, 0.15) is 5.75 Å². The maximum atomic E-state index is 9.98. The highest BCUT2D eigenvalue weighted by Gasteiger charge is 2.42. The van der Waals surface area contributed by atoms with Gasteiger partial charge in [0.25, 0.3) is 0 Å². The number of hydrogen-bond donors (Lipinski definition) is 1. The number of rotatable bonds is 7. The number of benzene rings is 2. The van der Waals surface area contributed by atoms with Crippen molar-refractivity contribution in [2.75, 3.05) is 13.1 Å². The molecule has 3 rings (SSSR count). The van der Waals surface area contributed by atoms with Gasteiger partial charge in [-0.1, -0.05) is 69.7 Å². The maximum Gasteiger partial charge on any atom is 0.115 e. The summed E-state index contributed by atoms with van der Waals surface area (Å²) >= 11 is 0. The molecule has 146 valence electrons. The lowest BCUT2D eigenvalue weighted by Gasteiger charge is -2.50. The van der Waals surface area contributed by atoms with Crippen molar-refractivity contribution in [3.63, 3.8) is 0 Å². The third-order valence-electron chi connectivity index (χ3n) is 6.65. The molecule has 0 spiro atoms. The average Bonchev–Trinajstić information content (AvgIpc) is 2.66. The summed E-state index contributed by atoms with van der Waals surface area (Å²) in [5.41, 5.74) is 2.87. The van der Waals surface area contributed by atoms with Gasteiger partial charge in [-0.15, -0.1) is 0 Å². The van der Waals surface area contributed by atoms with Crippen LogP contribution in [0.2, 0.25) is 0 Å². The molecule has 0 amide bonds. The van der Waals surface area contributed by atoms with Crippen LogP contribution in [0.15, 0.2) is 54.6 Å². The number of hydrogen-bond acceptors (Lipinski definition) is 2. The van der Waals surface area contributed by atoms with Crippen molar-refractivity contribution in [1.82, 2.24) is 4.90 Å². The Morgan fingerprint density at radius 3 is 2.59 bits per heavy atom. The van der Waals surface area contributed by atoms with Gasteiger partial charge >= 0.3 is 0 Å². The molecule has 0 aromatic heterocycles. The minimum absolute atomic E-state index is 0.133. The summed E-state index contributed by atoms with van der Waals surface area (Å²) < 4.78 is 0. The highest BCUT2D eigenvalue weighted by Crippen LogP contribution is 2.43. The zero-order chi connectivity index (χ0) is 19.3. The highest BCUT2D eigenvalue weighted by atomic mass is 16.3. The van der Waals surface area contributed by atoms with Gasteiger partial charge in [-0.25, -0.2) is 0 Å². The minimum atomic E-state index is 0.133. The Balaban J connectivity index is 1.68. The van der Waals surface area contributed by atoms with E-state index in [1.807, 2.05) is 12.1 Å². The van der Waals surface area contributed by atoms with Crippen LogP contribution in [-0.2, 0) is 11.8 Å². The Labute approximate surface area is 165 Å². The topological polar surface area (TPSA) is 23.5 Å². The average molecular weight is 366 g/mol. The van der Waals surface area contributed by atoms with E-state index >= 15 is 0 Å². The molecule has 1 saturated heterocycles. The van der Waals surface area contributed by atoms with E-state index in [1.165, 1.54) is 43.4 Å². The molecule has 0 saturated carbocycles. The smallest absolute Gasteiger partial charge is 0.115 e. The quantitative estimate of drug-likeness (QED) is 0.671. The Morgan fingerprint density at radius 2 is 1.89 bits per heavy atom. The van der Waals surface area contributed by atoms with Crippen LogP contribution in [0, 0.1) is 5.92 Å². The van der Waals surface area contributed by atoms with Gasteiger partial charge in [-0.2, -0.15) is 0 Å². The number of aryl methyl sites for hydroxylation is 1. The van der Waals surface area contributed by atoms with Crippen LogP contribution in [0.5, 0.6) is 5.75 Å². The summed E-state index contributed by atoms with van der Waals surface area (Å²) in [5.74, 6) is 0.961. The van der Waals surface area contributed by atoms with Gasteiger partial charge in [0, 0.05) is 12.6 Å². The Hall–Kier alpha value is -1.80. The fraction of sp³-hybridized carbons (Fsp3) is 0.520. The summed E-state index contributed by atoms with van der Waals surface area (Å²) in [5, 5.41) is 9.98. The lowest BCUT2D eigenvalue weighted by molar-refractivity contribution is 0.0488. The lowest BCUT2D eigenvalue weighted by Crippen LogP contribution is -2.53. The van der Waals surface area contributed by atoms with Crippen molar-refractivity contribution >= 4 is 0 Å². The van der Waals surface area contributed by atoms with Crippen molar-refractivity contribution in [2.24, 2.45) is 5.92 Å². The molecule has 0 aliphatic carbocycles. The van der Waals surface area contributed by atoms with Crippen LogP contribution >= 0.6 is 0 Å². The van der Waals surface area contributed by atoms with Crippen LogP contribution in [0.1, 0.15) is 57.6 Å².